The van der Waals surface area contributed by atoms with E-state index in [0.717, 1.165) is 16.0 Å². The van der Waals surface area contributed by atoms with Crippen molar-refractivity contribution in [3.05, 3.63) is 65.1 Å². The van der Waals surface area contributed by atoms with E-state index >= 15 is 0 Å². The molecular formula is C15H13NO2S2. The third-order valence-corrected chi connectivity index (χ3v) is 6.53. The first-order valence-electron chi connectivity index (χ1n) is 6.11. The van der Waals surface area contributed by atoms with E-state index in [1.54, 1.807) is 24.3 Å². The van der Waals surface area contributed by atoms with E-state index in [1.165, 1.54) is 0 Å². The maximum atomic E-state index is 12.3. The fraction of sp³-hybridized carbons (Fsp3) is 0.0667. The molecule has 1 unspecified atom stereocenters. The zero-order valence-electron chi connectivity index (χ0n) is 10.9. The van der Waals surface area contributed by atoms with Gasteiger partial charge in [0.2, 0.25) is 0 Å². The minimum Gasteiger partial charge on any atom is -0.199 e. The van der Waals surface area contributed by atoms with Gasteiger partial charge in [0.15, 0.2) is 0 Å². The summed E-state index contributed by atoms with van der Waals surface area (Å²) in [6.45, 7) is 1.92. The molecule has 0 fully saturated rings. The monoisotopic (exact) mass is 303 g/mol. The molecule has 0 aromatic heterocycles. The first-order valence-corrected chi connectivity index (χ1v) is 8.80. The topological polar surface area (TPSA) is 46.5 Å². The number of hydrogen-bond acceptors (Lipinski definition) is 2. The van der Waals surface area contributed by atoms with Gasteiger partial charge in [-0.15, -0.1) is 3.77 Å². The smallest absolute Gasteiger partial charge is 0.199 e. The molecule has 20 heavy (non-hydrogen) atoms. The number of aryl methyl sites for hydroxylation is 1. The van der Waals surface area contributed by atoms with Crippen LogP contribution < -0.4 is 0 Å². The lowest BCUT2D eigenvalue weighted by Gasteiger charge is -2.03. The molecule has 0 aliphatic carbocycles. The van der Waals surface area contributed by atoms with Gasteiger partial charge in [-0.2, -0.15) is 8.42 Å². The summed E-state index contributed by atoms with van der Waals surface area (Å²) in [6, 6.07) is 14.5. The van der Waals surface area contributed by atoms with Gasteiger partial charge < -0.3 is 0 Å². The van der Waals surface area contributed by atoms with Crippen molar-refractivity contribution in [2.45, 2.75) is 16.7 Å². The van der Waals surface area contributed by atoms with Gasteiger partial charge in [-0.05, 0) is 52.9 Å². The number of hydrogen-bond donors (Lipinski definition) is 0. The standard InChI is InChI=1S/C15H13NO2S2/c1-12-6-8-14(9-7-12)20(17,18)16-19-11-10-13-4-2-3-5-15(13)19/h2-11H,1H3. The van der Waals surface area contributed by atoms with Crippen LogP contribution in [-0.4, -0.2) is 8.42 Å². The highest BCUT2D eigenvalue weighted by Gasteiger charge is 2.17. The highest BCUT2D eigenvalue weighted by atomic mass is 32.3. The van der Waals surface area contributed by atoms with Gasteiger partial charge in [-0.25, -0.2) is 0 Å². The molecule has 2 aromatic rings. The van der Waals surface area contributed by atoms with E-state index in [-0.39, 0.29) is 4.90 Å². The Bertz CT molecular complexity index is 819. The number of benzene rings is 2. The Morgan fingerprint density at radius 2 is 1.70 bits per heavy atom. The van der Waals surface area contributed by atoms with Crippen LogP contribution >= 0.6 is 0 Å². The maximum absolute atomic E-state index is 12.3. The fourth-order valence-corrected chi connectivity index (χ4v) is 5.15. The normalized spacial score (nSPS) is 17.4. The molecule has 5 heteroatoms. The zero-order valence-corrected chi connectivity index (χ0v) is 12.5. The number of rotatable bonds is 2. The summed E-state index contributed by atoms with van der Waals surface area (Å²) in [6.07, 6.45) is 1.92. The van der Waals surface area contributed by atoms with Crippen LogP contribution in [0.2, 0.25) is 0 Å². The first-order chi connectivity index (χ1) is 9.56. The summed E-state index contributed by atoms with van der Waals surface area (Å²) in [5, 5.41) is 1.84. The molecular weight excluding hydrogens is 290 g/mol. The van der Waals surface area contributed by atoms with E-state index in [0.29, 0.717) is 0 Å². The van der Waals surface area contributed by atoms with Gasteiger partial charge in [-0.1, -0.05) is 35.9 Å². The summed E-state index contributed by atoms with van der Waals surface area (Å²) < 4.78 is 28.7. The molecule has 0 saturated heterocycles. The van der Waals surface area contributed by atoms with Gasteiger partial charge in [0.05, 0.1) is 4.90 Å². The lowest BCUT2D eigenvalue weighted by atomic mass is 10.2. The van der Waals surface area contributed by atoms with Gasteiger partial charge in [0.25, 0.3) is 10.0 Å². The molecule has 1 heterocycles. The summed E-state index contributed by atoms with van der Waals surface area (Å²) in [5.74, 6) is 0. The van der Waals surface area contributed by atoms with Crippen LogP contribution in [-0.2, 0) is 20.7 Å². The molecule has 0 N–H and O–H groups in total. The second kappa shape index (κ2) is 5.00. The van der Waals surface area contributed by atoms with Crippen LogP contribution in [0.25, 0.3) is 6.08 Å². The molecule has 1 aliphatic heterocycles. The molecule has 2 aromatic carbocycles. The Labute approximate surface area is 121 Å². The molecule has 0 bridgehead atoms. The van der Waals surface area contributed by atoms with E-state index in [4.69, 9.17) is 0 Å². The summed E-state index contributed by atoms with van der Waals surface area (Å²) >= 11 is 0. The highest BCUT2D eigenvalue weighted by molar-refractivity contribution is 8.01. The fourth-order valence-electron chi connectivity index (χ4n) is 1.94. The number of sulfonamides is 1. The highest BCUT2D eigenvalue weighted by Crippen LogP contribution is 2.27. The van der Waals surface area contributed by atoms with Crippen LogP contribution in [0.3, 0.4) is 0 Å². The SMILES string of the molecule is Cc1ccc(S(=O)(=O)/N=S2/C=Cc3ccccc32)cc1. The van der Waals surface area contributed by atoms with Crippen molar-refractivity contribution in [2.24, 2.45) is 3.77 Å². The Morgan fingerprint density at radius 3 is 2.45 bits per heavy atom. The summed E-state index contributed by atoms with van der Waals surface area (Å²) in [4.78, 5) is 1.21. The predicted molar refractivity (Wildman–Crippen MR) is 81.9 cm³/mol. The lowest BCUT2D eigenvalue weighted by Crippen LogP contribution is -1.99. The zero-order chi connectivity index (χ0) is 14.2. The quantitative estimate of drug-likeness (QED) is 0.852. The van der Waals surface area contributed by atoms with Crippen molar-refractivity contribution in [1.82, 2.24) is 0 Å². The molecule has 0 spiro atoms. The third-order valence-electron chi connectivity index (χ3n) is 3.02. The minimum atomic E-state index is -3.62. The Kier molecular flexibility index (Phi) is 3.31. The average Bonchev–Trinajstić information content (AvgIpc) is 2.82. The molecule has 0 amide bonds. The lowest BCUT2D eigenvalue weighted by molar-refractivity contribution is 0.598. The molecule has 1 aliphatic rings. The molecule has 102 valence electrons. The number of fused-ring (bicyclic) bond motifs is 1. The van der Waals surface area contributed by atoms with Crippen LogP contribution in [0.15, 0.2) is 67.5 Å². The van der Waals surface area contributed by atoms with Crippen molar-refractivity contribution in [3.8, 4) is 0 Å². The average molecular weight is 303 g/mol. The second-order valence-corrected chi connectivity index (χ2v) is 7.88. The van der Waals surface area contributed by atoms with Crippen molar-refractivity contribution in [2.75, 3.05) is 0 Å². The number of nitrogens with zero attached hydrogens (tertiary/aromatic N) is 1. The summed E-state index contributed by atoms with van der Waals surface area (Å²) in [7, 11) is -4.34. The van der Waals surface area contributed by atoms with E-state index in [9.17, 15) is 8.42 Å². The van der Waals surface area contributed by atoms with Crippen LogP contribution in [0.1, 0.15) is 11.1 Å². The summed E-state index contributed by atoms with van der Waals surface area (Å²) in [5.41, 5.74) is 2.07. The van der Waals surface area contributed by atoms with Crippen LogP contribution in [0.4, 0.5) is 0 Å². The van der Waals surface area contributed by atoms with Crippen LogP contribution in [0.5, 0.6) is 0 Å². The van der Waals surface area contributed by atoms with Crippen molar-refractivity contribution in [3.63, 3.8) is 0 Å². The van der Waals surface area contributed by atoms with Gasteiger partial charge >= 0.3 is 0 Å². The molecule has 3 nitrogen and oxygen atoms in total. The predicted octanol–water partition coefficient (Wildman–Crippen LogP) is 3.53. The maximum Gasteiger partial charge on any atom is 0.288 e. The Hall–Kier alpha value is -1.72. The first kappa shape index (κ1) is 13.3. The van der Waals surface area contributed by atoms with E-state index in [2.05, 4.69) is 3.77 Å². The molecule has 0 radical (unpaired) electrons. The third kappa shape index (κ3) is 2.46. The second-order valence-electron chi connectivity index (χ2n) is 4.52. The van der Waals surface area contributed by atoms with E-state index in [1.807, 2.05) is 42.7 Å². The van der Waals surface area contributed by atoms with Crippen molar-refractivity contribution >= 4 is 26.8 Å². The Balaban J connectivity index is 2.05. The van der Waals surface area contributed by atoms with Crippen LogP contribution in [0, 0.1) is 6.92 Å². The van der Waals surface area contributed by atoms with Crippen molar-refractivity contribution in [1.29, 1.82) is 0 Å². The molecule has 1 atom stereocenters. The van der Waals surface area contributed by atoms with Gasteiger partial charge in [-0.3, -0.25) is 0 Å². The van der Waals surface area contributed by atoms with Gasteiger partial charge in [0, 0.05) is 4.90 Å². The minimum absolute atomic E-state index is 0.244. The Morgan fingerprint density at radius 1 is 1.00 bits per heavy atom. The largest absolute Gasteiger partial charge is 0.288 e. The molecule has 3 rings (SSSR count). The molecule has 0 saturated carbocycles. The van der Waals surface area contributed by atoms with Gasteiger partial charge in [0.1, 0.15) is 0 Å². The van der Waals surface area contributed by atoms with Crippen molar-refractivity contribution < 1.29 is 8.42 Å². The van der Waals surface area contributed by atoms with E-state index < -0.39 is 20.7 Å².